The van der Waals surface area contributed by atoms with Crippen LogP contribution >= 0.6 is 0 Å². The first-order chi connectivity index (χ1) is 2.41. The molecule has 0 bridgehead atoms. The number of rotatable bonds is 2. The van der Waals surface area contributed by atoms with Gasteiger partial charge in [-0.2, -0.15) is 6.42 Å². The Balaban J connectivity index is 0. The quantitative estimate of drug-likeness (QED) is 0.443. The van der Waals surface area contributed by atoms with Gasteiger partial charge in [-0.3, -0.25) is 0 Å². The molecule has 0 aliphatic heterocycles. The van der Waals surface area contributed by atoms with Crippen molar-refractivity contribution in [1.29, 1.82) is 0 Å². The fourth-order valence-corrected chi connectivity index (χ4v) is 0.250. The fourth-order valence-electron chi connectivity index (χ4n) is 0.250. The maximum atomic E-state index is 3.68. The van der Waals surface area contributed by atoms with Crippen molar-refractivity contribution in [1.82, 2.24) is 0 Å². The molecule has 0 amide bonds. The Hall–Kier alpha value is 0.623. The van der Waals surface area contributed by atoms with Crippen molar-refractivity contribution < 1.29 is 19.5 Å². The van der Waals surface area contributed by atoms with E-state index < -0.39 is 0 Å². The van der Waals surface area contributed by atoms with Crippen LogP contribution in [-0.4, -0.2) is 0 Å². The van der Waals surface area contributed by atoms with Crippen molar-refractivity contribution in [3.05, 3.63) is 6.92 Å². The van der Waals surface area contributed by atoms with E-state index in [2.05, 4.69) is 13.8 Å². The third-order valence-electron chi connectivity index (χ3n) is 0.604. The monoisotopic (exact) mass is 174 g/mol. The van der Waals surface area contributed by atoms with Gasteiger partial charge in [-0.15, -0.1) is 0 Å². The van der Waals surface area contributed by atoms with E-state index in [0.29, 0.717) is 0 Å². The van der Waals surface area contributed by atoms with Gasteiger partial charge in [0.15, 0.2) is 0 Å². The molecular weight excluding hydrogens is 163 g/mol. The minimum atomic E-state index is 0. The van der Waals surface area contributed by atoms with Gasteiger partial charge in [0.2, 0.25) is 0 Å². The van der Waals surface area contributed by atoms with Crippen molar-refractivity contribution in [2.45, 2.75) is 26.2 Å². The molecule has 0 saturated carbocycles. The summed E-state index contributed by atoms with van der Waals surface area (Å²) < 4.78 is 0. The molecule has 0 unspecified atom stereocenters. The molecule has 41 valence electrons. The van der Waals surface area contributed by atoms with Gasteiger partial charge in [0.25, 0.3) is 0 Å². The first-order valence-corrected chi connectivity index (χ1v) is 2.21. The van der Waals surface area contributed by atoms with E-state index in [1.54, 1.807) is 0 Å². The minimum absolute atomic E-state index is 0. The van der Waals surface area contributed by atoms with Gasteiger partial charge in [0.1, 0.15) is 0 Å². The van der Waals surface area contributed by atoms with Crippen LogP contribution in [0.5, 0.6) is 0 Å². The summed E-state index contributed by atoms with van der Waals surface area (Å²) in [6.07, 6.45) is 3.65. The number of hydrogen-bond acceptors (Lipinski definition) is 0. The second kappa shape index (κ2) is 9.16. The second-order valence-electron chi connectivity index (χ2n) is 1.21. The van der Waals surface area contributed by atoms with E-state index in [4.69, 9.17) is 0 Å². The maximum absolute atomic E-state index is 3.68. The SMILES string of the molecule is [CH2-]CCCC.[Rh]. The summed E-state index contributed by atoms with van der Waals surface area (Å²) in [5, 5.41) is 0. The Morgan fingerprint density at radius 2 is 2.00 bits per heavy atom. The summed E-state index contributed by atoms with van der Waals surface area (Å²) >= 11 is 0. The van der Waals surface area contributed by atoms with Crippen LogP contribution < -0.4 is 0 Å². The zero-order valence-electron chi connectivity index (χ0n) is 4.16. The predicted octanol–water partition coefficient (Wildman–Crippen LogP) is 2.01. The molecule has 0 atom stereocenters. The van der Waals surface area contributed by atoms with E-state index in [1.807, 2.05) is 0 Å². The third kappa shape index (κ3) is 8.82. The van der Waals surface area contributed by atoms with Crippen LogP contribution in [0.25, 0.3) is 0 Å². The summed E-state index contributed by atoms with van der Waals surface area (Å²) in [6, 6.07) is 0. The minimum Gasteiger partial charge on any atom is -0.343 e. The molecule has 0 nitrogen and oxygen atoms in total. The molecule has 1 radical (unpaired) electrons. The molecule has 0 rings (SSSR count). The molecule has 0 saturated heterocycles. The smallest absolute Gasteiger partial charge is 0 e. The van der Waals surface area contributed by atoms with Gasteiger partial charge in [-0.25, -0.2) is 0 Å². The maximum Gasteiger partial charge on any atom is 0 e. The Bertz CT molecular complexity index is 11.4. The molecular formula is C5H11Rh-. The van der Waals surface area contributed by atoms with Crippen LogP contribution in [0.3, 0.4) is 0 Å². The van der Waals surface area contributed by atoms with Crippen molar-refractivity contribution in [3.8, 4) is 0 Å². The summed E-state index contributed by atoms with van der Waals surface area (Å²) in [5.74, 6) is 0. The molecule has 6 heavy (non-hydrogen) atoms. The van der Waals surface area contributed by atoms with Crippen LogP contribution in [0.15, 0.2) is 0 Å². The van der Waals surface area contributed by atoms with Gasteiger partial charge < -0.3 is 6.92 Å². The van der Waals surface area contributed by atoms with Crippen molar-refractivity contribution >= 4 is 0 Å². The molecule has 0 fully saturated rings. The molecule has 0 aromatic rings. The summed E-state index contributed by atoms with van der Waals surface area (Å²) in [4.78, 5) is 0. The van der Waals surface area contributed by atoms with E-state index in [9.17, 15) is 0 Å². The molecule has 0 N–H and O–H groups in total. The Morgan fingerprint density at radius 1 is 1.50 bits per heavy atom. The van der Waals surface area contributed by atoms with Crippen LogP contribution in [0, 0.1) is 6.92 Å². The van der Waals surface area contributed by atoms with Crippen molar-refractivity contribution in [3.63, 3.8) is 0 Å². The molecule has 0 aromatic heterocycles. The average Bonchev–Trinajstić information content (AvgIpc) is 1.41. The number of unbranched alkanes of at least 4 members (excludes halogenated alkanes) is 2. The van der Waals surface area contributed by atoms with E-state index in [0.717, 1.165) is 6.42 Å². The van der Waals surface area contributed by atoms with Gasteiger partial charge in [-0.05, 0) is 0 Å². The van der Waals surface area contributed by atoms with Crippen LogP contribution in [-0.2, 0) is 19.5 Å². The predicted molar refractivity (Wildman–Crippen MR) is 24.9 cm³/mol. The van der Waals surface area contributed by atoms with Crippen molar-refractivity contribution in [2.24, 2.45) is 0 Å². The van der Waals surface area contributed by atoms with Gasteiger partial charge in [0.05, 0.1) is 0 Å². The summed E-state index contributed by atoms with van der Waals surface area (Å²) in [6.45, 7) is 5.85. The van der Waals surface area contributed by atoms with Gasteiger partial charge in [-0.1, -0.05) is 19.8 Å². The fraction of sp³-hybridized carbons (Fsp3) is 0.800. The van der Waals surface area contributed by atoms with Crippen LogP contribution in [0.4, 0.5) is 0 Å². The van der Waals surface area contributed by atoms with Crippen molar-refractivity contribution in [2.75, 3.05) is 0 Å². The van der Waals surface area contributed by atoms with E-state index in [-0.39, 0.29) is 19.5 Å². The first kappa shape index (κ1) is 9.80. The molecule has 0 heterocycles. The topological polar surface area (TPSA) is 0 Å². The molecule has 1 heteroatoms. The first-order valence-electron chi connectivity index (χ1n) is 2.21. The van der Waals surface area contributed by atoms with E-state index in [1.165, 1.54) is 12.8 Å². The number of hydrogen-bond donors (Lipinski definition) is 0. The zero-order chi connectivity index (χ0) is 4.12. The largest absolute Gasteiger partial charge is 0.343 e. The Labute approximate surface area is 53.1 Å². The third-order valence-corrected chi connectivity index (χ3v) is 0.604. The Kier molecular flexibility index (Phi) is 15.0. The Morgan fingerprint density at radius 3 is 2.00 bits per heavy atom. The zero-order valence-corrected chi connectivity index (χ0v) is 5.80. The van der Waals surface area contributed by atoms with Gasteiger partial charge in [0, 0.05) is 19.5 Å². The summed E-state index contributed by atoms with van der Waals surface area (Å²) in [5.41, 5.74) is 0. The van der Waals surface area contributed by atoms with Gasteiger partial charge >= 0.3 is 0 Å². The molecule has 0 aliphatic rings. The normalized spacial score (nSPS) is 7.00. The average molecular weight is 174 g/mol. The van der Waals surface area contributed by atoms with Crippen LogP contribution in [0.1, 0.15) is 26.2 Å². The summed E-state index contributed by atoms with van der Waals surface area (Å²) in [7, 11) is 0. The van der Waals surface area contributed by atoms with E-state index >= 15 is 0 Å². The van der Waals surface area contributed by atoms with Crippen LogP contribution in [0.2, 0.25) is 0 Å². The molecule has 0 aliphatic carbocycles. The second-order valence-corrected chi connectivity index (χ2v) is 1.21. The molecule has 0 spiro atoms. The standard InChI is InChI=1S/C5H11.Rh/c1-3-5-4-2;/h1,3-5H2,2H3;/q-1;. The molecule has 0 aromatic carbocycles.